The van der Waals surface area contributed by atoms with Crippen molar-refractivity contribution < 1.29 is 4.74 Å². The quantitative estimate of drug-likeness (QED) is 0.800. The molecule has 2 rings (SSSR count). The molecule has 3 N–H and O–H groups in total. The molecule has 0 bridgehead atoms. The molecule has 1 aromatic heterocycles. The molecule has 100 valence electrons. The van der Waals surface area contributed by atoms with Gasteiger partial charge < -0.3 is 15.8 Å². The number of ether oxygens (including phenoxy) is 1. The highest BCUT2D eigenvalue weighted by atomic mass is 79.9. The van der Waals surface area contributed by atoms with Crippen LogP contribution in [0, 0.1) is 0 Å². The molecule has 0 spiro atoms. The van der Waals surface area contributed by atoms with Crippen molar-refractivity contribution >= 4 is 50.2 Å². The first-order valence-corrected chi connectivity index (χ1v) is 7.63. The van der Waals surface area contributed by atoms with Crippen molar-refractivity contribution in [2.45, 2.75) is 6.54 Å². The lowest BCUT2D eigenvalue weighted by molar-refractivity contribution is 0.415. The van der Waals surface area contributed by atoms with Gasteiger partial charge in [-0.2, -0.15) is 0 Å². The maximum absolute atomic E-state index is 5.73. The minimum atomic E-state index is 0.371. The van der Waals surface area contributed by atoms with Gasteiger partial charge in [0.25, 0.3) is 0 Å². The highest BCUT2D eigenvalue weighted by Crippen LogP contribution is 2.26. The van der Waals surface area contributed by atoms with E-state index in [0.717, 1.165) is 21.5 Å². The third-order valence-corrected chi connectivity index (χ3v) is 4.77. The van der Waals surface area contributed by atoms with Crippen molar-refractivity contribution in [3.8, 4) is 5.75 Å². The number of hydrogen-bond acceptors (Lipinski definition) is 4. The van der Waals surface area contributed by atoms with Crippen LogP contribution >= 0.6 is 39.5 Å². The van der Waals surface area contributed by atoms with E-state index >= 15 is 0 Å². The third kappa shape index (κ3) is 3.46. The van der Waals surface area contributed by atoms with Crippen LogP contribution in [-0.2, 0) is 6.54 Å². The summed E-state index contributed by atoms with van der Waals surface area (Å²) in [6.45, 7) is 0.709. The van der Waals surface area contributed by atoms with Crippen molar-refractivity contribution in [1.29, 1.82) is 0 Å². The molecule has 0 aliphatic carbocycles. The summed E-state index contributed by atoms with van der Waals surface area (Å²) in [7, 11) is 1.63. The molecule has 0 aliphatic rings. The highest BCUT2D eigenvalue weighted by molar-refractivity contribution is 9.10. The molecule has 3 nitrogen and oxygen atoms in total. The number of thiophene rings is 1. The second-order valence-electron chi connectivity index (χ2n) is 3.82. The lowest BCUT2D eigenvalue weighted by Crippen LogP contribution is -2.13. The molecule has 0 unspecified atom stereocenters. The van der Waals surface area contributed by atoms with Gasteiger partial charge in [-0.05, 0) is 39.5 Å². The van der Waals surface area contributed by atoms with Gasteiger partial charge in [0.15, 0.2) is 0 Å². The Labute approximate surface area is 129 Å². The van der Waals surface area contributed by atoms with Gasteiger partial charge in [0.2, 0.25) is 0 Å². The average Bonchev–Trinajstić information content (AvgIpc) is 2.81. The minimum Gasteiger partial charge on any atom is -0.497 e. The SMILES string of the molecule is COc1ccc(C(N)=S)c(NCc2sccc2Br)c1. The molecule has 6 heteroatoms. The Kier molecular flexibility index (Phi) is 4.79. The number of methoxy groups -OCH3 is 1. The summed E-state index contributed by atoms with van der Waals surface area (Å²) in [5.74, 6) is 0.771. The van der Waals surface area contributed by atoms with Crippen LogP contribution in [0.3, 0.4) is 0 Å². The van der Waals surface area contributed by atoms with Crippen molar-refractivity contribution in [3.63, 3.8) is 0 Å². The van der Waals surface area contributed by atoms with Gasteiger partial charge in [-0.1, -0.05) is 12.2 Å². The number of rotatable bonds is 5. The first-order chi connectivity index (χ1) is 9.11. The Bertz CT molecular complexity index is 598. The second kappa shape index (κ2) is 6.36. The van der Waals surface area contributed by atoms with Crippen molar-refractivity contribution in [3.05, 3.63) is 44.6 Å². The number of thiocarbonyl (C=S) groups is 1. The largest absolute Gasteiger partial charge is 0.497 e. The normalized spacial score (nSPS) is 10.2. The molecule has 1 heterocycles. The summed E-state index contributed by atoms with van der Waals surface area (Å²) in [5, 5.41) is 5.39. The number of nitrogens with two attached hydrogens (primary N) is 1. The van der Waals surface area contributed by atoms with Crippen LogP contribution < -0.4 is 15.8 Å². The topological polar surface area (TPSA) is 47.3 Å². The van der Waals surface area contributed by atoms with Crippen LogP contribution in [0.2, 0.25) is 0 Å². The summed E-state index contributed by atoms with van der Waals surface area (Å²) in [6, 6.07) is 7.64. The minimum absolute atomic E-state index is 0.371. The summed E-state index contributed by atoms with van der Waals surface area (Å²) < 4.78 is 6.32. The van der Waals surface area contributed by atoms with Gasteiger partial charge in [0.1, 0.15) is 10.7 Å². The number of benzene rings is 1. The Balaban J connectivity index is 2.22. The van der Waals surface area contributed by atoms with Gasteiger partial charge in [0, 0.05) is 26.7 Å². The van der Waals surface area contributed by atoms with Crippen LogP contribution in [0.1, 0.15) is 10.4 Å². The summed E-state index contributed by atoms with van der Waals surface area (Å²) in [6.07, 6.45) is 0. The zero-order valence-corrected chi connectivity index (χ0v) is 13.5. The van der Waals surface area contributed by atoms with Crippen molar-refractivity contribution in [2.24, 2.45) is 5.73 Å². The molecular weight excluding hydrogens is 344 g/mol. The number of halogens is 1. The molecule has 0 saturated heterocycles. The van der Waals surface area contributed by atoms with Gasteiger partial charge in [0.05, 0.1) is 13.7 Å². The monoisotopic (exact) mass is 356 g/mol. The smallest absolute Gasteiger partial charge is 0.120 e. The zero-order chi connectivity index (χ0) is 13.8. The van der Waals surface area contributed by atoms with Gasteiger partial charge in [-0.15, -0.1) is 11.3 Å². The fraction of sp³-hybridized carbons (Fsp3) is 0.154. The standard InChI is InChI=1S/C13H13BrN2OS2/c1-17-8-2-3-9(13(15)18)11(6-8)16-7-12-10(14)4-5-19-12/h2-6,16H,7H2,1H3,(H2,15,18). The van der Waals surface area contributed by atoms with E-state index in [1.54, 1.807) is 18.4 Å². The Morgan fingerprint density at radius 2 is 2.26 bits per heavy atom. The lowest BCUT2D eigenvalue weighted by Gasteiger charge is -2.12. The summed E-state index contributed by atoms with van der Waals surface area (Å²) in [4.78, 5) is 1.59. The van der Waals surface area contributed by atoms with E-state index in [-0.39, 0.29) is 0 Å². The van der Waals surface area contributed by atoms with E-state index in [4.69, 9.17) is 22.7 Å². The summed E-state index contributed by atoms with van der Waals surface area (Å²) in [5.41, 5.74) is 7.43. The molecule has 0 atom stereocenters. The maximum Gasteiger partial charge on any atom is 0.120 e. The molecule has 2 aromatic rings. The van der Waals surface area contributed by atoms with E-state index in [1.807, 2.05) is 29.6 Å². The van der Waals surface area contributed by atoms with Crippen LogP contribution in [0.15, 0.2) is 34.1 Å². The van der Waals surface area contributed by atoms with Crippen LogP contribution in [-0.4, -0.2) is 12.1 Å². The van der Waals surface area contributed by atoms with Gasteiger partial charge >= 0.3 is 0 Å². The zero-order valence-electron chi connectivity index (χ0n) is 10.3. The molecule has 0 amide bonds. The highest BCUT2D eigenvalue weighted by Gasteiger charge is 2.08. The fourth-order valence-corrected chi connectivity index (χ4v) is 3.25. The Morgan fingerprint density at radius 1 is 1.47 bits per heavy atom. The van der Waals surface area contributed by atoms with Gasteiger partial charge in [-0.3, -0.25) is 0 Å². The molecule has 1 aromatic carbocycles. The number of nitrogens with one attached hydrogen (secondary N) is 1. The summed E-state index contributed by atoms with van der Waals surface area (Å²) >= 11 is 10.3. The van der Waals surface area contributed by atoms with E-state index in [9.17, 15) is 0 Å². The van der Waals surface area contributed by atoms with Crippen LogP contribution in [0.4, 0.5) is 5.69 Å². The van der Waals surface area contributed by atoms with E-state index in [1.165, 1.54) is 4.88 Å². The molecular formula is C13H13BrN2OS2. The maximum atomic E-state index is 5.73. The Morgan fingerprint density at radius 3 is 2.84 bits per heavy atom. The predicted molar refractivity (Wildman–Crippen MR) is 88.2 cm³/mol. The fourth-order valence-electron chi connectivity index (χ4n) is 1.64. The van der Waals surface area contributed by atoms with E-state index < -0.39 is 0 Å². The molecule has 0 aliphatic heterocycles. The third-order valence-electron chi connectivity index (χ3n) is 2.62. The number of hydrogen-bond donors (Lipinski definition) is 2. The first kappa shape index (κ1) is 14.3. The number of anilines is 1. The Hall–Kier alpha value is -1.11. The van der Waals surface area contributed by atoms with Crippen molar-refractivity contribution in [1.82, 2.24) is 0 Å². The predicted octanol–water partition coefficient (Wildman–Crippen LogP) is 3.77. The average molecular weight is 357 g/mol. The molecule has 19 heavy (non-hydrogen) atoms. The lowest BCUT2D eigenvalue weighted by atomic mass is 10.1. The van der Waals surface area contributed by atoms with E-state index in [0.29, 0.717) is 11.5 Å². The molecule has 0 fully saturated rings. The second-order valence-corrected chi connectivity index (χ2v) is 6.12. The van der Waals surface area contributed by atoms with Crippen molar-refractivity contribution in [2.75, 3.05) is 12.4 Å². The van der Waals surface area contributed by atoms with E-state index in [2.05, 4.69) is 21.2 Å². The van der Waals surface area contributed by atoms with Gasteiger partial charge in [-0.25, -0.2) is 0 Å². The van der Waals surface area contributed by atoms with Crippen LogP contribution in [0.25, 0.3) is 0 Å². The first-order valence-electron chi connectivity index (χ1n) is 5.55. The van der Waals surface area contributed by atoms with Crippen LogP contribution in [0.5, 0.6) is 5.75 Å². The molecule has 0 saturated carbocycles. The molecule has 0 radical (unpaired) electrons.